The molecule has 0 aromatic heterocycles. The van der Waals surface area contributed by atoms with E-state index < -0.39 is 12.0 Å². The summed E-state index contributed by atoms with van der Waals surface area (Å²) < 4.78 is 4.92. The molecule has 3 aromatic carbocycles. The molecule has 0 fully saturated rings. The summed E-state index contributed by atoms with van der Waals surface area (Å²) in [5.74, 6) is -0.768. The van der Waals surface area contributed by atoms with E-state index in [2.05, 4.69) is 38.2 Å². The second-order valence-electron chi connectivity index (χ2n) is 8.64. The quantitative estimate of drug-likeness (QED) is 0.566. The van der Waals surface area contributed by atoms with E-state index >= 15 is 0 Å². The van der Waals surface area contributed by atoms with Gasteiger partial charge in [0.15, 0.2) is 0 Å². The molecule has 0 saturated carbocycles. The molecule has 0 aliphatic rings. The summed E-state index contributed by atoms with van der Waals surface area (Å²) in [6, 6.07) is 24.7. The highest BCUT2D eigenvalue weighted by molar-refractivity contribution is 5.97. The van der Waals surface area contributed by atoms with Gasteiger partial charge in [-0.3, -0.25) is 4.79 Å². The highest BCUT2D eigenvalue weighted by Gasteiger charge is 2.23. The summed E-state index contributed by atoms with van der Waals surface area (Å²) in [6.45, 7) is 6.47. The van der Waals surface area contributed by atoms with E-state index in [1.54, 1.807) is 12.1 Å². The van der Waals surface area contributed by atoms with Crippen molar-refractivity contribution >= 4 is 11.9 Å². The number of benzene rings is 3. The Morgan fingerprint density at radius 1 is 0.839 bits per heavy atom. The first kappa shape index (κ1) is 22.3. The van der Waals surface area contributed by atoms with Gasteiger partial charge in [-0.15, -0.1) is 0 Å². The Kier molecular flexibility index (Phi) is 6.91. The molecule has 1 atom stereocenters. The number of ether oxygens (including phenoxy) is 1. The average molecular weight is 416 g/mol. The molecular formula is C27H29NO3. The van der Waals surface area contributed by atoms with Crippen LogP contribution in [0.2, 0.25) is 0 Å². The summed E-state index contributed by atoms with van der Waals surface area (Å²) in [6.07, 6.45) is 0.366. The van der Waals surface area contributed by atoms with Crippen LogP contribution in [0.4, 0.5) is 0 Å². The van der Waals surface area contributed by atoms with Crippen LogP contribution in [0.5, 0.6) is 0 Å². The minimum absolute atomic E-state index is 0.0560. The molecule has 3 aromatic rings. The predicted molar refractivity (Wildman–Crippen MR) is 124 cm³/mol. The highest BCUT2D eigenvalue weighted by atomic mass is 16.5. The topological polar surface area (TPSA) is 55.4 Å². The molecule has 31 heavy (non-hydrogen) atoms. The van der Waals surface area contributed by atoms with Gasteiger partial charge in [0, 0.05) is 12.0 Å². The van der Waals surface area contributed by atoms with Gasteiger partial charge >= 0.3 is 5.97 Å². The lowest BCUT2D eigenvalue weighted by Crippen LogP contribution is -2.43. The van der Waals surface area contributed by atoms with Crippen molar-refractivity contribution in [1.29, 1.82) is 0 Å². The Hall–Kier alpha value is -3.40. The van der Waals surface area contributed by atoms with E-state index in [4.69, 9.17) is 4.74 Å². The number of hydrogen-bond acceptors (Lipinski definition) is 3. The van der Waals surface area contributed by atoms with Crippen molar-refractivity contribution in [3.8, 4) is 11.1 Å². The first-order chi connectivity index (χ1) is 14.8. The molecule has 0 bridgehead atoms. The van der Waals surface area contributed by atoms with E-state index in [0.717, 1.165) is 16.7 Å². The van der Waals surface area contributed by atoms with Gasteiger partial charge in [0.25, 0.3) is 5.91 Å². The molecule has 4 heteroatoms. The minimum Gasteiger partial charge on any atom is -0.467 e. The van der Waals surface area contributed by atoms with Crippen molar-refractivity contribution in [2.24, 2.45) is 0 Å². The number of carbonyl (C=O) groups is 2. The van der Waals surface area contributed by atoms with Gasteiger partial charge in [-0.25, -0.2) is 4.79 Å². The van der Waals surface area contributed by atoms with Crippen molar-refractivity contribution in [3.63, 3.8) is 0 Å². The van der Waals surface area contributed by atoms with Crippen molar-refractivity contribution in [2.45, 2.75) is 38.6 Å². The lowest BCUT2D eigenvalue weighted by molar-refractivity contribution is -0.142. The molecule has 1 amide bonds. The zero-order valence-electron chi connectivity index (χ0n) is 18.5. The van der Waals surface area contributed by atoms with Crippen LogP contribution in [0.25, 0.3) is 11.1 Å². The fraction of sp³-hybridized carbons (Fsp3) is 0.259. The van der Waals surface area contributed by atoms with E-state index in [1.165, 1.54) is 12.7 Å². The van der Waals surface area contributed by atoms with E-state index in [9.17, 15) is 9.59 Å². The lowest BCUT2D eigenvalue weighted by atomic mass is 9.86. The van der Waals surface area contributed by atoms with Crippen LogP contribution in [0.1, 0.15) is 42.3 Å². The summed E-state index contributed by atoms with van der Waals surface area (Å²) >= 11 is 0. The summed E-state index contributed by atoms with van der Waals surface area (Å²) in [7, 11) is 1.33. The maximum atomic E-state index is 12.8. The standard InChI is InChI=1S/C27H29NO3/c1-27(2,3)23-16-10-19(11-17-23)18-24(26(30)31-4)28-25(29)22-14-12-21(13-15-22)20-8-6-5-7-9-20/h5-17,24H,18H2,1-4H3,(H,28,29)/t24-/m0/s1. The zero-order valence-corrected chi connectivity index (χ0v) is 18.5. The van der Waals surface area contributed by atoms with Gasteiger partial charge < -0.3 is 10.1 Å². The van der Waals surface area contributed by atoms with E-state index in [0.29, 0.717) is 12.0 Å². The van der Waals surface area contributed by atoms with Gasteiger partial charge in [-0.05, 0) is 39.8 Å². The van der Waals surface area contributed by atoms with Crippen LogP contribution >= 0.6 is 0 Å². The molecule has 0 aliphatic carbocycles. The van der Waals surface area contributed by atoms with Crippen LogP contribution in [0.3, 0.4) is 0 Å². The Balaban J connectivity index is 1.72. The van der Waals surface area contributed by atoms with Crippen molar-refractivity contribution in [2.75, 3.05) is 7.11 Å². The van der Waals surface area contributed by atoms with Crippen molar-refractivity contribution in [3.05, 3.63) is 95.6 Å². The highest BCUT2D eigenvalue weighted by Crippen LogP contribution is 2.23. The Bertz CT molecular complexity index is 1020. The second kappa shape index (κ2) is 9.61. The smallest absolute Gasteiger partial charge is 0.328 e. The van der Waals surface area contributed by atoms with Crippen molar-refractivity contribution < 1.29 is 14.3 Å². The zero-order chi connectivity index (χ0) is 22.4. The molecule has 0 aliphatic heterocycles. The number of amides is 1. The number of carbonyl (C=O) groups excluding carboxylic acids is 2. The van der Waals surface area contributed by atoms with Crippen molar-refractivity contribution in [1.82, 2.24) is 5.32 Å². The summed E-state index contributed by atoms with van der Waals surface area (Å²) in [4.78, 5) is 25.1. The van der Waals surface area contributed by atoms with Crippen LogP contribution in [0, 0.1) is 0 Å². The Morgan fingerprint density at radius 2 is 1.42 bits per heavy atom. The molecule has 0 saturated heterocycles. The normalized spacial score (nSPS) is 12.1. The molecule has 0 spiro atoms. The molecule has 0 radical (unpaired) electrons. The first-order valence-electron chi connectivity index (χ1n) is 10.4. The van der Waals surface area contributed by atoms with Gasteiger partial charge in [-0.2, -0.15) is 0 Å². The number of methoxy groups -OCH3 is 1. The second-order valence-corrected chi connectivity index (χ2v) is 8.64. The number of hydrogen-bond donors (Lipinski definition) is 1. The van der Waals surface area contributed by atoms with Crippen LogP contribution in [-0.2, 0) is 21.4 Å². The molecule has 4 nitrogen and oxygen atoms in total. The predicted octanol–water partition coefficient (Wildman–Crippen LogP) is 5.17. The number of nitrogens with one attached hydrogen (secondary N) is 1. The maximum Gasteiger partial charge on any atom is 0.328 e. The van der Waals surface area contributed by atoms with Gasteiger partial charge in [0.2, 0.25) is 0 Å². The third-order valence-corrected chi connectivity index (χ3v) is 5.31. The van der Waals surface area contributed by atoms with Crippen LogP contribution in [-0.4, -0.2) is 25.0 Å². The number of rotatable bonds is 6. The Morgan fingerprint density at radius 3 is 1.97 bits per heavy atom. The Labute approximate surface area is 184 Å². The fourth-order valence-corrected chi connectivity index (χ4v) is 3.40. The largest absolute Gasteiger partial charge is 0.467 e. The molecule has 0 heterocycles. The first-order valence-corrected chi connectivity index (χ1v) is 10.4. The van der Waals surface area contributed by atoms with E-state index in [-0.39, 0.29) is 11.3 Å². The van der Waals surface area contributed by atoms with Gasteiger partial charge in [-0.1, -0.05) is 87.5 Å². The molecule has 0 unspecified atom stereocenters. The summed E-state index contributed by atoms with van der Waals surface area (Å²) in [5, 5.41) is 2.82. The SMILES string of the molecule is COC(=O)[C@H](Cc1ccc(C(C)(C)C)cc1)NC(=O)c1ccc(-c2ccccc2)cc1. The fourth-order valence-electron chi connectivity index (χ4n) is 3.40. The van der Waals surface area contributed by atoms with Crippen LogP contribution < -0.4 is 5.32 Å². The third kappa shape index (κ3) is 5.82. The minimum atomic E-state index is -0.758. The monoisotopic (exact) mass is 415 g/mol. The third-order valence-electron chi connectivity index (χ3n) is 5.31. The molecule has 160 valence electrons. The number of esters is 1. The summed E-state index contributed by atoms with van der Waals surface area (Å²) in [5.41, 5.74) is 4.84. The van der Waals surface area contributed by atoms with E-state index in [1.807, 2.05) is 54.6 Å². The molecule has 1 N–H and O–H groups in total. The lowest BCUT2D eigenvalue weighted by Gasteiger charge is -2.20. The van der Waals surface area contributed by atoms with Gasteiger partial charge in [0.1, 0.15) is 6.04 Å². The van der Waals surface area contributed by atoms with Gasteiger partial charge in [0.05, 0.1) is 7.11 Å². The maximum absolute atomic E-state index is 12.8. The average Bonchev–Trinajstić information content (AvgIpc) is 2.78. The molecular weight excluding hydrogens is 386 g/mol. The van der Waals surface area contributed by atoms with Crippen LogP contribution in [0.15, 0.2) is 78.9 Å². The molecule has 3 rings (SSSR count).